The Bertz CT molecular complexity index is 643. The summed E-state index contributed by atoms with van der Waals surface area (Å²) in [6, 6.07) is 8.45. The number of thiazole rings is 1. The number of carbonyl (C=O) groups is 1. The van der Waals surface area contributed by atoms with Gasteiger partial charge in [0.1, 0.15) is 6.10 Å². The number of carbonyl (C=O) groups excluding carboxylic acids is 1. The zero-order valence-electron chi connectivity index (χ0n) is 13.9. The molecular formula is C18H23N3O2S. The number of hydrogen-bond acceptors (Lipinski definition) is 4. The van der Waals surface area contributed by atoms with Gasteiger partial charge in [0.05, 0.1) is 18.2 Å². The standard InChI is InChI=1S/C18H23N3O2S/c1-2-14-3-5-15(6-4-14)16-13-21(10-11-23-16)18(22)20-8-7-17-19-9-12-24-17/h3-6,9,12,16H,2,7-8,10-11,13H2,1H3,(H,20,22). The molecule has 1 aliphatic rings. The van der Waals surface area contributed by atoms with E-state index in [-0.39, 0.29) is 12.1 Å². The minimum Gasteiger partial charge on any atom is -0.370 e. The molecule has 3 rings (SSSR count). The van der Waals surface area contributed by atoms with Gasteiger partial charge in [-0.15, -0.1) is 11.3 Å². The molecule has 2 heterocycles. The summed E-state index contributed by atoms with van der Waals surface area (Å²) in [6.07, 6.45) is 3.54. The molecule has 1 N–H and O–H groups in total. The summed E-state index contributed by atoms with van der Waals surface area (Å²) in [5.74, 6) is 0. The Morgan fingerprint density at radius 2 is 2.25 bits per heavy atom. The van der Waals surface area contributed by atoms with Crippen LogP contribution in [0, 0.1) is 0 Å². The van der Waals surface area contributed by atoms with E-state index in [0.717, 1.165) is 23.4 Å². The van der Waals surface area contributed by atoms with Crippen LogP contribution < -0.4 is 5.32 Å². The zero-order chi connectivity index (χ0) is 16.8. The number of aromatic nitrogens is 1. The third-order valence-electron chi connectivity index (χ3n) is 4.21. The molecule has 128 valence electrons. The van der Waals surface area contributed by atoms with Gasteiger partial charge in [0.2, 0.25) is 0 Å². The second-order valence-electron chi connectivity index (χ2n) is 5.81. The summed E-state index contributed by atoms with van der Waals surface area (Å²) < 4.78 is 5.85. The molecule has 1 atom stereocenters. The lowest BCUT2D eigenvalue weighted by atomic mass is 10.0. The number of ether oxygens (including phenoxy) is 1. The molecule has 1 unspecified atom stereocenters. The normalized spacial score (nSPS) is 17.7. The third-order valence-corrected chi connectivity index (χ3v) is 5.05. The van der Waals surface area contributed by atoms with Crippen LogP contribution in [-0.2, 0) is 17.6 Å². The second kappa shape index (κ2) is 8.26. The van der Waals surface area contributed by atoms with E-state index in [9.17, 15) is 4.79 Å². The summed E-state index contributed by atoms with van der Waals surface area (Å²) >= 11 is 1.61. The summed E-state index contributed by atoms with van der Waals surface area (Å²) in [5.41, 5.74) is 2.44. The quantitative estimate of drug-likeness (QED) is 0.906. The van der Waals surface area contributed by atoms with Gasteiger partial charge in [0.15, 0.2) is 0 Å². The van der Waals surface area contributed by atoms with Crippen molar-refractivity contribution in [2.75, 3.05) is 26.2 Å². The smallest absolute Gasteiger partial charge is 0.317 e. The van der Waals surface area contributed by atoms with Crippen LogP contribution in [-0.4, -0.2) is 42.2 Å². The number of morpholine rings is 1. The fourth-order valence-electron chi connectivity index (χ4n) is 2.77. The van der Waals surface area contributed by atoms with Crippen molar-refractivity contribution >= 4 is 17.4 Å². The van der Waals surface area contributed by atoms with E-state index in [1.807, 2.05) is 10.3 Å². The van der Waals surface area contributed by atoms with Crippen molar-refractivity contribution in [1.82, 2.24) is 15.2 Å². The van der Waals surface area contributed by atoms with Crippen molar-refractivity contribution in [3.8, 4) is 0 Å². The minimum absolute atomic E-state index is 0.0231. The maximum Gasteiger partial charge on any atom is 0.317 e. The summed E-state index contributed by atoms with van der Waals surface area (Å²) in [4.78, 5) is 18.4. The van der Waals surface area contributed by atoms with Gasteiger partial charge < -0.3 is 15.0 Å². The predicted octanol–water partition coefficient (Wildman–Crippen LogP) is 3.03. The minimum atomic E-state index is -0.0469. The number of rotatable bonds is 5. The van der Waals surface area contributed by atoms with Crippen molar-refractivity contribution in [2.45, 2.75) is 25.9 Å². The number of nitrogens with one attached hydrogen (secondary N) is 1. The van der Waals surface area contributed by atoms with Gasteiger partial charge in [0, 0.05) is 31.1 Å². The van der Waals surface area contributed by atoms with Crippen LogP contribution in [0.3, 0.4) is 0 Å². The van der Waals surface area contributed by atoms with Gasteiger partial charge in [-0.2, -0.15) is 0 Å². The Labute approximate surface area is 146 Å². The first-order valence-electron chi connectivity index (χ1n) is 8.38. The van der Waals surface area contributed by atoms with Crippen molar-refractivity contribution in [3.05, 3.63) is 52.0 Å². The number of aryl methyl sites for hydroxylation is 1. The van der Waals surface area contributed by atoms with Crippen molar-refractivity contribution in [2.24, 2.45) is 0 Å². The molecule has 1 saturated heterocycles. The van der Waals surface area contributed by atoms with Crippen molar-refractivity contribution in [3.63, 3.8) is 0 Å². The lowest BCUT2D eigenvalue weighted by Crippen LogP contribution is -2.47. The molecule has 0 spiro atoms. The SMILES string of the molecule is CCc1ccc(C2CN(C(=O)NCCc3nccs3)CCO2)cc1. The highest BCUT2D eigenvalue weighted by Gasteiger charge is 2.25. The first-order chi connectivity index (χ1) is 11.8. The molecule has 1 aromatic carbocycles. The molecule has 0 saturated carbocycles. The molecule has 24 heavy (non-hydrogen) atoms. The highest BCUT2D eigenvalue weighted by atomic mass is 32.1. The maximum absolute atomic E-state index is 12.3. The largest absolute Gasteiger partial charge is 0.370 e. The molecule has 1 aromatic heterocycles. The van der Waals surface area contributed by atoms with Crippen LogP contribution in [0.2, 0.25) is 0 Å². The highest BCUT2D eigenvalue weighted by Crippen LogP contribution is 2.22. The van der Waals surface area contributed by atoms with E-state index in [0.29, 0.717) is 26.2 Å². The van der Waals surface area contributed by atoms with Gasteiger partial charge in [-0.05, 0) is 17.5 Å². The van der Waals surface area contributed by atoms with E-state index in [2.05, 4.69) is 41.5 Å². The lowest BCUT2D eigenvalue weighted by Gasteiger charge is -2.33. The second-order valence-corrected chi connectivity index (χ2v) is 6.79. The topological polar surface area (TPSA) is 54.5 Å². The molecule has 1 aliphatic heterocycles. The predicted molar refractivity (Wildman–Crippen MR) is 95.3 cm³/mol. The average molecular weight is 345 g/mol. The monoisotopic (exact) mass is 345 g/mol. The van der Waals surface area contributed by atoms with E-state index >= 15 is 0 Å². The molecule has 5 nitrogen and oxygen atoms in total. The van der Waals surface area contributed by atoms with Crippen LogP contribution in [0.15, 0.2) is 35.8 Å². The van der Waals surface area contributed by atoms with E-state index in [4.69, 9.17) is 4.74 Å². The van der Waals surface area contributed by atoms with Crippen molar-refractivity contribution in [1.29, 1.82) is 0 Å². The van der Waals surface area contributed by atoms with Crippen LogP contribution in [0.25, 0.3) is 0 Å². The third kappa shape index (κ3) is 4.33. The highest BCUT2D eigenvalue weighted by molar-refractivity contribution is 7.09. The summed E-state index contributed by atoms with van der Waals surface area (Å²) in [6.45, 7) is 4.55. The number of amides is 2. The first-order valence-corrected chi connectivity index (χ1v) is 9.26. The Hall–Kier alpha value is -1.92. The number of urea groups is 1. The number of hydrogen-bond donors (Lipinski definition) is 1. The Balaban J connectivity index is 1.51. The fourth-order valence-corrected chi connectivity index (χ4v) is 3.39. The Kier molecular flexibility index (Phi) is 5.82. The number of nitrogens with zero attached hydrogens (tertiary/aromatic N) is 2. The van der Waals surface area contributed by atoms with Gasteiger partial charge in [-0.3, -0.25) is 0 Å². The zero-order valence-corrected chi connectivity index (χ0v) is 14.7. The molecule has 6 heteroatoms. The summed E-state index contributed by atoms with van der Waals surface area (Å²) in [7, 11) is 0. The molecule has 2 aromatic rings. The fraction of sp³-hybridized carbons (Fsp3) is 0.444. The molecule has 0 aliphatic carbocycles. The first kappa shape index (κ1) is 16.9. The molecule has 0 radical (unpaired) electrons. The van der Waals surface area contributed by atoms with Crippen LogP contribution >= 0.6 is 11.3 Å². The van der Waals surface area contributed by atoms with Crippen LogP contribution in [0.1, 0.15) is 29.2 Å². The average Bonchev–Trinajstić information content (AvgIpc) is 3.15. The summed E-state index contributed by atoms with van der Waals surface area (Å²) in [5, 5.41) is 5.98. The van der Waals surface area contributed by atoms with Crippen LogP contribution in [0.4, 0.5) is 4.79 Å². The molecular weight excluding hydrogens is 322 g/mol. The van der Waals surface area contributed by atoms with Gasteiger partial charge >= 0.3 is 6.03 Å². The van der Waals surface area contributed by atoms with Gasteiger partial charge in [-0.1, -0.05) is 31.2 Å². The van der Waals surface area contributed by atoms with Gasteiger partial charge in [-0.25, -0.2) is 9.78 Å². The lowest BCUT2D eigenvalue weighted by molar-refractivity contribution is -0.0154. The van der Waals surface area contributed by atoms with E-state index in [1.165, 1.54) is 5.56 Å². The van der Waals surface area contributed by atoms with E-state index < -0.39 is 0 Å². The van der Waals surface area contributed by atoms with Gasteiger partial charge in [0.25, 0.3) is 0 Å². The van der Waals surface area contributed by atoms with Crippen molar-refractivity contribution < 1.29 is 9.53 Å². The maximum atomic E-state index is 12.3. The molecule has 1 fully saturated rings. The van der Waals surface area contributed by atoms with Crippen LogP contribution in [0.5, 0.6) is 0 Å². The molecule has 0 bridgehead atoms. The molecule has 2 amide bonds. The Morgan fingerprint density at radius 1 is 1.42 bits per heavy atom. The Morgan fingerprint density at radius 3 is 2.96 bits per heavy atom. The number of benzene rings is 1. The van der Waals surface area contributed by atoms with E-state index in [1.54, 1.807) is 17.5 Å².